The fourth-order valence-electron chi connectivity index (χ4n) is 2.20. The van der Waals surface area contributed by atoms with Crippen molar-refractivity contribution in [1.82, 2.24) is 19.9 Å². The minimum Gasteiger partial charge on any atom is -0.392 e. The number of aliphatic hydroxyl groups excluding tert-OH is 1. The van der Waals surface area contributed by atoms with Crippen molar-refractivity contribution in [3.63, 3.8) is 0 Å². The van der Waals surface area contributed by atoms with Gasteiger partial charge in [-0.1, -0.05) is 5.16 Å². The summed E-state index contributed by atoms with van der Waals surface area (Å²) in [6, 6.07) is 0.358. The summed E-state index contributed by atoms with van der Waals surface area (Å²) in [5, 5.41) is 13.3. The molecule has 1 aliphatic rings. The van der Waals surface area contributed by atoms with Crippen LogP contribution in [0.15, 0.2) is 10.9 Å². The Hall–Kier alpha value is -0.980. The van der Waals surface area contributed by atoms with Gasteiger partial charge in [0, 0.05) is 19.1 Å². The van der Waals surface area contributed by atoms with Gasteiger partial charge in [0.2, 0.25) is 5.89 Å². The average molecular weight is 226 g/mol. The lowest BCUT2D eigenvalue weighted by molar-refractivity contribution is 0.158. The lowest BCUT2D eigenvalue weighted by Gasteiger charge is -2.25. The number of aromatic nitrogens is 2. The summed E-state index contributed by atoms with van der Waals surface area (Å²) in [5.41, 5.74) is 0. The number of hydrogen-bond acceptors (Lipinski definition) is 6. The van der Waals surface area contributed by atoms with Gasteiger partial charge in [0.15, 0.2) is 6.33 Å². The van der Waals surface area contributed by atoms with E-state index in [2.05, 4.69) is 19.9 Å². The van der Waals surface area contributed by atoms with Crippen LogP contribution in [0.1, 0.15) is 12.3 Å². The number of β-amino-alcohol motifs (C(OH)–C–C–N with tert-alkyl or cyclic N) is 1. The van der Waals surface area contributed by atoms with E-state index in [1.54, 1.807) is 0 Å². The molecule has 6 nitrogen and oxygen atoms in total. The van der Waals surface area contributed by atoms with Gasteiger partial charge in [0.1, 0.15) is 0 Å². The minimum atomic E-state index is -0.243. The van der Waals surface area contributed by atoms with E-state index >= 15 is 0 Å². The summed E-state index contributed by atoms with van der Waals surface area (Å²) in [6.07, 6.45) is 1.97. The van der Waals surface area contributed by atoms with Crippen LogP contribution >= 0.6 is 0 Å². The van der Waals surface area contributed by atoms with Gasteiger partial charge in [-0.3, -0.25) is 4.90 Å². The highest BCUT2D eigenvalue weighted by Gasteiger charge is 2.31. The fourth-order valence-corrected chi connectivity index (χ4v) is 2.20. The summed E-state index contributed by atoms with van der Waals surface area (Å²) in [7, 11) is 4.07. The van der Waals surface area contributed by atoms with Crippen LogP contribution in [0.4, 0.5) is 0 Å². The lowest BCUT2D eigenvalue weighted by Crippen LogP contribution is -2.37. The smallest absolute Gasteiger partial charge is 0.240 e. The van der Waals surface area contributed by atoms with Crippen molar-refractivity contribution in [2.75, 3.05) is 27.2 Å². The van der Waals surface area contributed by atoms with Crippen LogP contribution in [0.25, 0.3) is 0 Å². The standard InChI is InChI=1S/C10H18N4O2/c1-13(2)4-8-3-9(15)5-14(8)6-10-11-7-12-16-10/h7-9,15H,3-6H2,1-2H3. The predicted molar refractivity (Wildman–Crippen MR) is 57.7 cm³/mol. The third-order valence-corrected chi connectivity index (χ3v) is 2.83. The third-order valence-electron chi connectivity index (χ3n) is 2.83. The molecule has 2 rings (SSSR count). The van der Waals surface area contributed by atoms with Crippen molar-refractivity contribution in [3.8, 4) is 0 Å². The van der Waals surface area contributed by atoms with Crippen molar-refractivity contribution in [3.05, 3.63) is 12.2 Å². The molecule has 6 heteroatoms. The van der Waals surface area contributed by atoms with E-state index in [0.29, 0.717) is 25.0 Å². The maximum absolute atomic E-state index is 9.68. The van der Waals surface area contributed by atoms with Crippen LogP contribution < -0.4 is 0 Å². The van der Waals surface area contributed by atoms with Crippen LogP contribution in [0.2, 0.25) is 0 Å². The Labute approximate surface area is 94.8 Å². The highest BCUT2D eigenvalue weighted by atomic mass is 16.5. The molecule has 2 atom stereocenters. The second kappa shape index (κ2) is 4.90. The summed E-state index contributed by atoms with van der Waals surface area (Å²) < 4.78 is 4.99. The molecule has 1 fully saturated rings. The Morgan fingerprint density at radius 1 is 1.62 bits per heavy atom. The quantitative estimate of drug-likeness (QED) is 0.751. The molecular formula is C10H18N4O2. The number of likely N-dealkylation sites (tertiary alicyclic amines) is 1. The molecule has 0 aliphatic carbocycles. The zero-order valence-corrected chi connectivity index (χ0v) is 9.70. The Bertz CT molecular complexity index is 315. The first-order valence-corrected chi connectivity index (χ1v) is 5.47. The van der Waals surface area contributed by atoms with E-state index in [1.807, 2.05) is 14.1 Å². The van der Waals surface area contributed by atoms with Crippen molar-refractivity contribution >= 4 is 0 Å². The number of rotatable bonds is 4. The largest absolute Gasteiger partial charge is 0.392 e. The Morgan fingerprint density at radius 2 is 2.44 bits per heavy atom. The predicted octanol–water partition coefficient (Wildman–Crippen LogP) is -0.434. The number of hydrogen-bond donors (Lipinski definition) is 1. The first-order chi connectivity index (χ1) is 7.65. The molecule has 0 spiro atoms. The maximum Gasteiger partial charge on any atom is 0.240 e. The number of aliphatic hydroxyl groups is 1. The Morgan fingerprint density at radius 3 is 3.06 bits per heavy atom. The molecule has 1 aliphatic heterocycles. The van der Waals surface area contributed by atoms with Gasteiger partial charge in [-0.2, -0.15) is 4.98 Å². The first kappa shape index (κ1) is 11.5. The molecule has 0 saturated carbocycles. The fraction of sp³-hybridized carbons (Fsp3) is 0.800. The van der Waals surface area contributed by atoms with Crippen molar-refractivity contribution in [2.45, 2.75) is 25.1 Å². The van der Waals surface area contributed by atoms with Crippen molar-refractivity contribution < 1.29 is 9.63 Å². The summed E-state index contributed by atoms with van der Waals surface area (Å²) >= 11 is 0. The maximum atomic E-state index is 9.68. The van der Waals surface area contributed by atoms with E-state index in [1.165, 1.54) is 6.33 Å². The second-order valence-electron chi connectivity index (χ2n) is 4.57. The number of likely N-dealkylation sites (N-methyl/N-ethyl adjacent to an activating group) is 1. The van der Waals surface area contributed by atoms with Crippen LogP contribution in [0.5, 0.6) is 0 Å². The highest BCUT2D eigenvalue weighted by molar-refractivity contribution is 4.89. The van der Waals surface area contributed by atoms with Gasteiger partial charge < -0.3 is 14.5 Å². The molecule has 90 valence electrons. The zero-order chi connectivity index (χ0) is 11.5. The molecule has 2 unspecified atom stereocenters. The van der Waals surface area contributed by atoms with Gasteiger partial charge in [-0.05, 0) is 20.5 Å². The van der Waals surface area contributed by atoms with Crippen LogP contribution in [-0.2, 0) is 6.54 Å². The molecule has 1 N–H and O–H groups in total. The molecule has 0 radical (unpaired) electrons. The molecule has 1 aromatic rings. The molecule has 1 saturated heterocycles. The van der Waals surface area contributed by atoms with Gasteiger partial charge in [0.05, 0.1) is 12.6 Å². The second-order valence-corrected chi connectivity index (χ2v) is 4.57. The minimum absolute atomic E-state index is 0.243. The normalized spacial score (nSPS) is 26.8. The number of nitrogens with zero attached hydrogens (tertiary/aromatic N) is 4. The molecule has 2 heterocycles. The van der Waals surface area contributed by atoms with Gasteiger partial charge >= 0.3 is 0 Å². The lowest BCUT2D eigenvalue weighted by atomic mass is 10.2. The van der Waals surface area contributed by atoms with Gasteiger partial charge in [0.25, 0.3) is 0 Å². The molecule has 16 heavy (non-hydrogen) atoms. The Balaban J connectivity index is 1.95. The SMILES string of the molecule is CN(C)CC1CC(O)CN1Cc1ncno1. The highest BCUT2D eigenvalue weighted by Crippen LogP contribution is 2.20. The van der Waals surface area contributed by atoms with E-state index in [0.717, 1.165) is 13.0 Å². The summed E-state index contributed by atoms with van der Waals surface area (Å²) in [4.78, 5) is 8.32. The summed E-state index contributed by atoms with van der Waals surface area (Å²) in [6.45, 7) is 2.24. The average Bonchev–Trinajstić information content (AvgIpc) is 2.77. The molecule has 1 aromatic heterocycles. The molecule has 0 aromatic carbocycles. The van der Waals surface area contributed by atoms with E-state index in [4.69, 9.17) is 4.52 Å². The van der Waals surface area contributed by atoms with E-state index in [-0.39, 0.29) is 6.10 Å². The van der Waals surface area contributed by atoms with Gasteiger partial charge in [-0.25, -0.2) is 0 Å². The summed E-state index contributed by atoms with van der Waals surface area (Å²) in [5.74, 6) is 0.609. The van der Waals surface area contributed by atoms with E-state index in [9.17, 15) is 5.11 Å². The molecular weight excluding hydrogens is 208 g/mol. The Kier molecular flexibility index (Phi) is 3.52. The van der Waals surface area contributed by atoms with Crippen molar-refractivity contribution in [1.29, 1.82) is 0 Å². The van der Waals surface area contributed by atoms with Crippen molar-refractivity contribution in [2.24, 2.45) is 0 Å². The molecule has 0 amide bonds. The third kappa shape index (κ3) is 2.78. The first-order valence-electron chi connectivity index (χ1n) is 5.47. The zero-order valence-electron chi connectivity index (χ0n) is 9.70. The monoisotopic (exact) mass is 226 g/mol. The van der Waals surface area contributed by atoms with Gasteiger partial charge in [-0.15, -0.1) is 0 Å². The van der Waals surface area contributed by atoms with Crippen LogP contribution in [-0.4, -0.2) is 64.4 Å². The van der Waals surface area contributed by atoms with Crippen LogP contribution in [0.3, 0.4) is 0 Å². The van der Waals surface area contributed by atoms with E-state index < -0.39 is 0 Å². The topological polar surface area (TPSA) is 65.6 Å². The van der Waals surface area contributed by atoms with Crippen LogP contribution in [0, 0.1) is 0 Å². The molecule has 0 bridgehead atoms.